The van der Waals surface area contributed by atoms with E-state index in [0.717, 1.165) is 23.4 Å². The minimum atomic E-state index is -0.293. The molecule has 0 saturated heterocycles. The molecule has 5 nitrogen and oxygen atoms in total. The van der Waals surface area contributed by atoms with Crippen LogP contribution in [-0.4, -0.2) is 27.9 Å². The van der Waals surface area contributed by atoms with Crippen molar-refractivity contribution < 1.29 is 9.53 Å². The van der Waals surface area contributed by atoms with Gasteiger partial charge in [0, 0.05) is 25.7 Å². The first-order chi connectivity index (χ1) is 10.9. The summed E-state index contributed by atoms with van der Waals surface area (Å²) in [7, 11) is 2.07. The van der Waals surface area contributed by atoms with Crippen molar-refractivity contribution in [3.05, 3.63) is 53.1 Å². The Balaban J connectivity index is 2.15. The van der Waals surface area contributed by atoms with Gasteiger partial charge in [0.25, 0.3) is 0 Å². The lowest BCUT2D eigenvalue weighted by atomic mass is 10.0. The smallest absolute Gasteiger partial charge is 0.308 e. The molecule has 1 atom stereocenters. The molecule has 2 aromatic rings. The molecule has 0 amide bonds. The van der Waals surface area contributed by atoms with Crippen molar-refractivity contribution in [1.82, 2.24) is 14.9 Å². The summed E-state index contributed by atoms with van der Waals surface area (Å²) in [5, 5.41) is 0. The predicted octanol–water partition coefficient (Wildman–Crippen LogP) is 3.21. The molecule has 1 aromatic heterocycles. The van der Waals surface area contributed by atoms with Crippen LogP contribution in [0.3, 0.4) is 0 Å². The Morgan fingerprint density at radius 2 is 1.96 bits per heavy atom. The van der Waals surface area contributed by atoms with Gasteiger partial charge in [0.2, 0.25) is 0 Å². The number of aryl methyl sites for hydroxylation is 2. The monoisotopic (exact) mass is 313 g/mol. The van der Waals surface area contributed by atoms with E-state index in [9.17, 15) is 4.79 Å². The van der Waals surface area contributed by atoms with Crippen molar-refractivity contribution in [1.29, 1.82) is 0 Å². The summed E-state index contributed by atoms with van der Waals surface area (Å²) >= 11 is 0. The van der Waals surface area contributed by atoms with E-state index in [2.05, 4.69) is 41.0 Å². The Kier molecular flexibility index (Phi) is 5.45. The third kappa shape index (κ3) is 4.36. The second-order valence-electron chi connectivity index (χ2n) is 5.88. The number of rotatable bonds is 5. The third-order valence-corrected chi connectivity index (χ3v) is 3.89. The summed E-state index contributed by atoms with van der Waals surface area (Å²) in [5.74, 6) is 0.367. The van der Waals surface area contributed by atoms with E-state index in [1.54, 1.807) is 12.5 Å². The average Bonchev–Trinajstić information content (AvgIpc) is 2.51. The van der Waals surface area contributed by atoms with Crippen LogP contribution in [0.4, 0.5) is 0 Å². The van der Waals surface area contributed by atoms with Crippen LogP contribution in [-0.2, 0) is 11.3 Å². The summed E-state index contributed by atoms with van der Waals surface area (Å²) in [4.78, 5) is 21.7. The SMILES string of the molecule is CC(=O)Oc1c(C)cc(CN(C)[C@H](C)c2ccncn2)cc1C. The molecule has 5 heteroatoms. The van der Waals surface area contributed by atoms with Crippen LogP contribution in [0.2, 0.25) is 0 Å². The maximum atomic E-state index is 11.2. The second-order valence-corrected chi connectivity index (χ2v) is 5.88. The predicted molar refractivity (Wildman–Crippen MR) is 89.1 cm³/mol. The van der Waals surface area contributed by atoms with Crippen LogP contribution in [0.25, 0.3) is 0 Å². The maximum Gasteiger partial charge on any atom is 0.308 e. The topological polar surface area (TPSA) is 55.3 Å². The highest BCUT2D eigenvalue weighted by molar-refractivity contribution is 5.70. The maximum absolute atomic E-state index is 11.2. The van der Waals surface area contributed by atoms with Crippen LogP contribution >= 0.6 is 0 Å². The van der Waals surface area contributed by atoms with Crippen LogP contribution in [0.1, 0.15) is 42.3 Å². The molecule has 0 aliphatic rings. The zero-order valence-electron chi connectivity index (χ0n) is 14.3. The van der Waals surface area contributed by atoms with Crippen LogP contribution in [0, 0.1) is 13.8 Å². The summed E-state index contributed by atoms with van der Waals surface area (Å²) < 4.78 is 5.28. The first-order valence-corrected chi connectivity index (χ1v) is 7.63. The number of nitrogens with zero attached hydrogens (tertiary/aromatic N) is 3. The second kappa shape index (κ2) is 7.33. The van der Waals surface area contributed by atoms with E-state index < -0.39 is 0 Å². The summed E-state index contributed by atoms with van der Waals surface area (Å²) in [6, 6.07) is 6.25. The van der Waals surface area contributed by atoms with Gasteiger partial charge in [-0.3, -0.25) is 9.69 Å². The lowest BCUT2D eigenvalue weighted by molar-refractivity contribution is -0.131. The van der Waals surface area contributed by atoms with Crippen LogP contribution < -0.4 is 4.74 Å². The summed E-state index contributed by atoms with van der Waals surface area (Å²) in [6.07, 6.45) is 3.33. The fraction of sp³-hybridized carbons (Fsp3) is 0.389. The normalized spacial score (nSPS) is 12.3. The fourth-order valence-corrected chi connectivity index (χ4v) is 2.63. The Bertz CT molecular complexity index is 663. The van der Waals surface area contributed by atoms with Gasteiger partial charge in [0.05, 0.1) is 5.69 Å². The molecule has 0 radical (unpaired) electrons. The number of carbonyl (C=O) groups excluding carboxylic acids is 1. The lowest BCUT2D eigenvalue weighted by Crippen LogP contribution is -2.23. The van der Waals surface area contributed by atoms with Gasteiger partial charge in [-0.25, -0.2) is 9.97 Å². The number of carbonyl (C=O) groups is 1. The van der Waals surface area contributed by atoms with Crippen LogP contribution in [0.5, 0.6) is 5.75 Å². The molecule has 0 saturated carbocycles. The minimum absolute atomic E-state index is 0.187. The van der Waals surface area contributed by atoms with Gasteiger partial charge in [-0.2, -0.15) is 0 Å². The molecule has 1 aromatic carbocycles. The first kappa shape index (κ1) is 17.1. The molecule has 23 heavy (non-hydrogen) atoms. The largest absolute Gasteiger partial charge is 0.426 e. The molecule has 0 aliphatic heterocycles. The Morgan fingerprint density at radius 3 is 2.48 bits per heavy atom. The third-order valence-electron chi connectivity index (χ3n) is 3.89. The first-order valence-electron chi connectivity index (χ1n) is 7.63. The van der Waals surface area contributed by atoms with E-state index >= 15 is 0 Å². The average molecular weight is 313 g/mol. The van der Waals surface area contributed by atoms with Gasteiger partial charge in [0.15, 0.2) is 0 Å². The molecule has 0 spiro atoms. The van der Waals surface area contributed by atoms with Gasteiger partial charge in [-0.1, -0.05) is 12.1 Å². The van der Waals surface area contributed by atoms with Gasteiger partial charge in [-0.15, -0.1) is 0 Å². The molecular weight excluding hydrogens is 290 g/mol. The lowest BCUT2D eigenvalue weighted by Gasteiger charge is -2.24. The van der Waals surface area contributed by atoms with Crippen molar-refractivity contribution in [2.24, 2.45) is 0 Å². The molecule has 0 aliphatic carbocycles. The quantitative estimate of drug-likeness (QED) is 0.626. The zero-order valence-corrected chi connectivity index (χ0v) is 14.3. The highest BCUT2D eigenvalue weighted by atomic mass is 16.5. The Hall–Kier alpha value is -2.27. The van der Waals surface area contributed by atoms with E-state index in [1.165, 1.54) is 12.5 Å². The number of hydrogen-bond acceptors (Lipinski definition) is 5. The number of ether oxygens (including phenoxy) is 1. The molecule has 0 unspecified atom stereocenters. The van der Waals surface area contributed by atoms with Crippen molar-refractivity contribution in [2.75, 3.05) is 7.05 Å². The molecule has 122 valence electrons. The Morgan fingerprint density at radius 1 is 1.30 bits per heavy atom. The molecule has 1 heterocycles. The number of hydrogen-bond donors (Lipinski definition) is 0. The molecule has 2 rings (SSSR count). The highest BCUT2D eigenvalue weighted by Gasteiger charge is 2.15. The molecule has 0 N–H and O–H groups in total. The van der Waals surface area contributed by atoms with Gasteiger partial charge in [-0.05, 0) is 50.6 Å². The van der Waals surface area contributed by atoms with Crippen LogP contribution in [0.15, 0.2) is 30.7 Å². The number of aromatic nitrogens is 2. The number of esters is 1. The minimum Gasteiger partial charge on any atom is -0.426 e. The molecule has 0 bridgehead atoms. The fourth-order valence-electron chi connectivity index (χ4n) is 2.63. The van der Waals surface area contributed by atoms with Crippen molar-refractivity contribution in [2.45, 2.75) is 40.3 Å². The van der Waals surface area contributed by atoms with E-state index in [4.69, 9.17) is 4.74 Å². The van der Waals surface area contributed by atoms with Gasteiger partial charge in [0.1, 0.15) is 12.1 Å². The van der Waals surface area contributed by atoms with Crippen molar-refractivity contribution in [3.63, 3.8) is 0 Å². The highest BCUT2D eigenvalue weighted by Crippen LogP contribution is 2.27. The van der Waals surface area contributed by atoms with E-state index in [-0.39, 0.29) is 12.0 Å². The van der Waals surface area contributed by atoms with Crippen molar-refractivity contribution in [3.8, 4) is 5.75 Å². The number of benzene rings is 1. The van der Waals surface area contributed by atoms with Crippen molar-refractivity contribution >= 4 is 5.97 Å². The van der Waals surface area contributed by atoms with Gasteiger partial charge >= 0.3 is 5.97 Å². The zero-order chi connectivity index (χ0) is 17.0. The molecule has 0 fully saturated rings. The molecular formula is C18H23N3O2. The Labute approximate surface area is 137 Å². The standard InChI is InChI=1S/C18H23N3O2/c1-12-8-16(9-13(2)18(12)23-15(4)22)10-21(5)14(3)17-6-7-19-11-20-17/h6-9,11,14H,10H2,1-5H3/t14-/m1/s1. The summed E-state index contributed by atoms with van der Waals surface area (Å²) in [6.45, 7) is 8.25. The van der Waals surface area contributed by atoms with Gasteiger partial charge < -0.3 is 4.74 Å². The summed E-state index contributed by atoms with van der Waals surface area (Å²) in [5.41, 5.74) is 4.11. The van der Waals surface area contributed by atoms with E-state index in [1.807, 2.05) is 19.9 Å². The van der Waals surface area contributed by atoms with E-state index in [0.29, 0.717) is 5.75 Å².